The maximum Gasteiger partial charge on any atom is 0.415 e. The molecule has 1 amide bonds. The second-order valence-corrected chi connectivity index (χ2v) is 5.54. The first-order valence-corrected chi connectivity index (χ1v) is 7.14. The zero-order valence-electron chi connectivity index (χ0n) is 12.1. The Morgan fingerprint density at radius 3 is 2.30 bits per heavy atom. The van der Waals surface area contributed by atoms with Gasteiger partial charge in [-0.15, -0.1) is 0 Å². The zero-order valence-corrected chi connectivity index (χ0v) is 12.1. The van der Waals surface area contributed by atoms with Crippen LogP contribution < -0.4 is 11.1 Å². The SMILES string of the molecule is NC(=O)C1CNC(c2ccccc2)(C(F)(F)F)c2ccccc21. The Morgan fingerprint density at radius 2 is 1.70 bits per heavy atom. The molecule has 2 unspecified atom stereocenters. The van der Waals surface area contributed by atoms with Gasteiger partial charge in [-0.25, -0.2) is 0 Å². The van der Waals surface area contributed by atoms with E-state index in [0.29, 0.717) is 5.56 Å². The Labute approximate surface area is 131 Å². The van der Waals surface area contributed by atoms with Crippen molar-refractivity contribution in [3.8, 4) is 0 Å². The Bertz CT molecular complexity index is 730. The lowest BCUT2D eigenvalue weighted by molar-refractivity contribution is -0.189. The third-order valence-corrected chi connectivity index (χ3v) is 4.29. The molecule has 0 bridgehead atoms. The molecule has 2 atom stereocenters. The maximum atomic E-state index is 14.1. The summed E-state index contributed by atoms with van der Waals surface area (Å²) in [5, 5.41) is 2.55. The summed E-state index contributed by atoms with van der Waals surface area (Å²) in [4.78, 5) is 11.6. The molecule has 0 spiro atoms. The number of carbonyl (C=O) groups excluding carboxylic acids is 1. The second-order valence-electron chi connectivity index (χ2n) is 5.54. The highest BCUT2D eigenvalue weighted by Gasteiger charge is 2.60. The monoisotopic (exact) mass is 320 g/mol. The van der Waals surface area contributed by atoms with Gasteiger partial charge in [-0.1, -0.05) is 54.6 Å². The smallest absolute Gasteiger partial charge is 0.369 e. The lowest BCUT2D eigenvalue weighted by atomic mass is 9.73. The van der Waals surface area contributed by atoms with E-state index in [4.69, 9.17) is 5.73 Å². The van der Waals surface area contributed by atoms with Crippen LogP contribution in [0.15, 0.2) is 54.6 Å². The van der Waals surface area contributed by atoms with Crippen LogP contribution in [0.4, 0.5) is 13.2 Å². The topological polar surface area (TPSA) is 55.1 Å². The van der Waals surface area contributed by atoms with Gasteiger partial charge in [0.2, 0.25) is 5.91 Å². The Balaban J connectivity index is 2.30. The Morgan fingerprint density at radius 1 is 1.09 bits per heavy atom. The predicted molar refractivity (Wildman–Crippen MR) is 79.7 cm³/mol. The summed E-state index contributed by atoms with van der Waals surface area (Å²) < 4.78 is 42.3. The van der Waals surface area contributed by atoms with Gasteiger partial charge in [0.05, 0.1) is 5.92 Å². The van der Waals surface area contributed by atoms with Crippen molar-refractivity contribution in [1.29, 1.82) is 0 Å². The van der Waals surface area contributed by atoms with Crippen molar-refractivity contribution >= 4 is 5.91 Å². The number of carbonyl (C=O) groups is 1. The first kappa shape index (κ1) is 15.6. The molecular weight excluding hydrogens is 305 g/mol. The van der Waals surface area contributed by atoms with Gasteiger partial charge in [0, 0.05) is 6.54 Å². The number of nitrogens with one attached hydrogen (secondary N) is 1. The van der Waals surface area contributed by atoms with E-state index in [1.807, 2.05) is 0 Å². The van der Waals surface area contributed by atoms with Crippen LogP contribution in [0.2, 0.25) is 0 Å². The van der Waals surface area contributed by atoms with Gasteiger partial charge in [0.1, 0.15) is 0 Å². The van der Waals surface area contributed by atoms with Crippen molar-refractivity contribution in [2.75, 3.05) is 6.54 Å². The normalized spacial score (nSPS) is 24.0. The quantitative estimate of drug-likeness (QED) is 0.894. The lowest BCUT2D eigenvalue weighted by Gasteiger charge is -2.43. The summed E-state index contributed by atoms with van der Waals surface area (Å²) in [6.07, 6.45) is -4.58. The van der Waals surface area contributed by atoms with E-state index < -0.39 is 23.5 Å². The van der Waals surface area contributed by atoms with Crippen LogP contribution in [0.3, 0.4) is 0 Å². The number of alkyl halides is 3. The molecule has 6 heteroatoms. The van der Waals surface area contributed by atoms with Crippen molar-refractivity contribution in [3.63, 3.8) is 0 Å². The minimum Gasteiger partial charge on any atom is -0.369 e. The molecule has 3 nitrogen and oxygen atoms in total. The van der Waals surface area contributed by atoms with Crippen molar-refractivity contribution in [3.05, 3.63) is 71.3 Å². The zero-order chi connectivity index (χ0) is 16.7. The fourth-order valence-corrected chi connectivity index (χ4v) is 3.22. The van der Waals surface area contributed by atoms with E-state index in [9.17, 15) is 18.0 Å². The van der Waals surface area contributed by atoms with Gasteiger partial charge in [-0.2, -0.15) is 13.2 Å². The van der Waals surface area contributed by atoms with Crippen molar-refractivity contribution in [2.24, 2.45) is 5.73 Å². The largest absolute Gasteiger partial charge is 0.415 e. The number of primary amides is 1. The highest BCUT2D eigenvalue weighted by molar-refractivity contribution is 5.83. The molecule has 0 aromatic heterocycles. The van der Waals surface area contributed by atoms with Crippen LogP contribution in [0, 0.1) is 0 Å². The fourth-order valence-electron chi connectivity index (χ4n) is 3.22. The average molecular weight is 320 g/mol. The van der Waals surface area contributed by atoms with Gasteiger partial charge < -0.3 is 5.73 Å². The predicted octanol–water partition coefficient (Wildman–Crippen LogP) is 2.66. The Kier molecular flexibility index (Phi) is 3.64. The molecule has 0 aliphatic carbocycles. The lowest BCUT2D eigenvalue weighted by Crippen LogP contribution is -2.59. The molecule has 120 valence electrons. The summed E-state index contributed by atoms with van der Waals surface area (Å²) in [7, 11) is 0. The highest BCUT2D eigenvalue weighted by Crippen LogP contribution is 2.48. The van der Waals surface area contributed by atoms with E-state index in [-0.39, 0.29) is 17.7 Å². The molecule has 1 aliphatic rings. The summed E-state index contributed by atoms with van der Waals surface area (Å²) in [6.45, 7) is -0.166. The van der Waals surface area contributed by atoms with Gasteiger partial charge in [-0.3, -0.25) is 10.1 Å². The number of hydrogen-bond donors (Lipinski definition) is 2. The molecule has 1 heterocycles. The molecule has 3 N–H and O–H groups in total. The minimum atomic E-state index is -4.58. The molecule has 23 heavy (non-hydrogen) atoms. The molecule has 0 saturated carbocycles. The third kappa shape index (κ3) is 2.30. The first-order chi connectivity index (χ1) is 10.9. The number of amides is 1. The summed E-state index contributed by atoms with van der Waals surface area (Å²) in [6, 6.07) is 13.7. The van der Waals surface area contributed by atoms with Crippen LogP contribution in [0.5, 0.6) is 0 Å². The van der Waals surface area contributed by atoms with Crippen LogP contribution in [-0.4, -0.2) is 18.6 Å². The van der Waals surface area contributed by atoms with E-state index in [0.717, 1.165) is 0 Å². The number of halogens is 3. The van der Waals surface area contributed by atoms with Crippen molar-refractivity contribution in [1.82, 2.24) is 5.32 Å². The molecule has 2 aromatic rings. The van der Waals surface area contributed by atoms with E-state index in [2.05, 4.69) is 5.32 Å². The van der Waals surface area contributed by atoms with E-state index in [1.165, 1.54) is 30.3 Å². The standard InChI is InChI=1S/C17H15F3N2O/c18-17(19,20)16(11-6-2-1-3-7-11)14-9-5-4-8-12(14)13(10-22-16)15(21)23/h1-9,13,22H,10H2,(H2,21,23). The minimum absolute atomic E-state index is 0.0220. The first-order valence-electron chi connectivity index (χ1n) is 7.14. The summed E-state index contributed by atoms with van der Waals surface area (Å²) in [5.41, 5.74) is 3.44. The number of fused-ring (bicyclic) bond motifs is 1. The summed E-state index contributed by atoms with van der Waals surface area (Å²) >= 11 is 0. The highest BCUT2D eigenvalue weighted by atomic mass is 19.4. The van der Waals surface area contributed by atoms with Crippen molar-refractivity contribution in [2.45, 2.75) is 17.6 Å². The number of benzene rings is 2. The molecule has 3 rings (SSSR count). The Hall–Kier alpha value is -2.34. The summed E-state index contributed by atoms with van der Waals surface area (Å²) in [5.74, 6) is -1.43. The van der Waals surface area contributed by atoms with Gasteiger partial charge >= 0.3 is 6.18 Å². The van der Waals surface area contributed by atoms with Crippen LogP contribution >= 0.6 is 0 Å². The van der Waals surface area contributed by atoms with Crippen LogP contribution in [0.25, 0.3) is 0 Å². The number of nitrogens with two attached hydrogens (primary N) is 1. The maximum absolute atomic E-state index is 14.1. The van der Waals surface area contributed by atoms with Crippen molar-refractivity contribution < 1.29 is 18.0 Å². The van der Waals surface area contributed by atoms with Crippen LogP contribution in [0.1, 0.15) is 22.6 Å². The van der Waals surface area contributed by atoms with E-state index >= 15 is 0 Å². The molecular formula is C17H15F3N2O. The van der Waals surface area contributed by atoms with Gasteiger partial charge in [-0.05, 0) is 16.7 Å². The third-order valence-electron chi connectivity index (χ3n) is 4.29. The number of hydrogen-bond acceptors (Lipinski definition) is 2. The van der Waals surface area contributed by atoms with Gasteiger partial charge in [0.15, 0.2) is 5.54 Å². The average Bonchev–Trinajstić information content (AvgIpc) is 2.53. The molecule has 0 saturated heterocycles. The van der Waals surface area contributed by atoms with Gasteiger partial charge in [0.25, 0.3) is 0 Å². The molecule has 1 aliphatic heterocycles. The number of rotatable bonds is 2. The fraction of sp³-hybridized carbons (Fsp3) is 0.235. The van der Waals surface area contributed by atoms with E-state index in [1.54, 1.807) is 24.3 Å². The molecule has 0 radical (unpaired) electrons. The molecule has 0 fully saturated rings. The molecule has 2 aromatic carbocycles. The second kappa shape index (κ2) is 5.38. The van der Waals surface area contributed by atoms with Crippen LogP contribution in [-0.2, 0) is 10.3 Å².